The van der Waals surface area contributed by atoms with Crippen LogP contribution in [0.3, 0.4) is 0 Å². The zero-order valence-corrected chi connectivity index (χ0v) is 13.1. The number of ether oxygens (including phenoxy) is 1. The average Bonchev–Trinajstić information content (AvgIpc) is 2.60. The maximum Gasteiger partial charge on any atom is 0.330 e. The molecule has 1 heterocycles. The van der Waals surface area contributed by atoms with Crippen LogP contribution in [-0.2, 0) is 14.3 Å². The highest BCUT2D eigenvalue weighted by Crippen LogP contribution is 2.16. The smallest absolute Gasteiger partial charge is 0.330 e. The summed E-state index contributed by atoms with van der Waals surface area (Å²) < 4.78 is 5.16. The normalized spacial score (nSPS) is 15.2. The molecule has 2 rings (SSSR count). The van der Waals surface area contributed by atoms with Crippen LogP contribution in [0.5, 0.6) is 0 Å². The number of likely N-dealkylation sites (tertiary alicyclic amines) is 1. The van der Waals surface area contributed by atoms with Gasteiger partial charge in [0.1, 0.15) is 6.10 Å². The van der Waals surface area contributed by atoms with Gasteiger partial charge >= 0.3 is 5.97 Å². The number of esters is 1. The SMILES string of the molecule is C=CC(=O)OC1CCN(C(=O)/C=C/c2ccc([N+](=O)[O-])cc2)CC1. The topological polar surface area (TPSA) is 89.8 Å². The second-order valence-electron chi connectivity index (χ2n) is 5.35. The summed E-state index contributed by atoms with van der Waals surface area (Å²) in [6.45, 7) is 4.38. The Morgan fingerprint density at radius 2 is 1.88 bits per heavy atom. The van der Waals surface area contributed by atoms with Crippen LogP contribution in [0.2, 0.25) is 0 Å². The number of non-ortho nitro benzene ring substituents is 1. The Labute approximate surface area is 139 Å². The molecular formula is C17H18N2O5. The zero-order chi connectivity index (χ0) is 17.5. The molecule has 0 radical (unpaired) electrons. The zero-order valence-electron chi connectivity index (χ0n) is 13.1. The van der Waals surface area contributed by atoms with Crippen molar-refractivity contribution in [3.63, 3.8) is 0 Å². The molecule has 1 saturated heterocycles. The number of carbonyl (C=O) groups excluding carboxylic acids is 2. The van der Waals surface area contributed by atoms with Gasteiger partial charge in [-0.05, 0) is 23.8 Å². The standard InChI is InChI=1S/C17H18N2O5/c1-2-17(21)24-15-9-11-18(12-10-15)16(20)8-5-13-3-6-14(7-4-13)19(22)23/h2-8,15H,1,9-12H2/b8-5+. The van der Waals surface area contributed by atoms with E-state index in [9.17, 15) is 19.7 Å². The lowest BCUT2D eigenvalue weighted by Gasteiger charge is -2.30. The lowest BCUT2D eigenvalue weighted by molar-refractivity contribution is -0.384. The van der Waals surface area contributed by atoms with Crippen molar-refractivity contribution in [1.29, 1.82) is 0 Å². The summed E-state index contributed by atoms with van der Waals surface area (Å²) in [5.41, 5.74) is 0.721. The molecule has 7 heteroatoms. The third kappa shape index (κ3) is 4.77. The van der Waals surface area contributed by atoms with Crippen LogP contribution in [0.4, 0.5) is 5.69 Å². The number of carbonyl (C=O) groups is 2. The third-order valence-corrected chi connectivity index (χ3v) is 3.73. The molecule has 0 unspecified atom stereocenters. The predicted molar refractivity (Wildman–Crippen MR) is 88.0 cm³/mol. The van der Waals surface area contributed by atoms with E-state index in [1.807, 2.05) is 0 Å². The van der Waals surface area contributed by atoms with Crippen molar-refractivity contribution in [3.8, 4) is 0 Å². The highest BCUT2D eigenvalue weighted by molar-refractivity contribution is 5.91. The van der Waals surface area contributed by atoms with Crippen LogP contribution >= 0.6 is 0 Å². The number of nitro groups is 1. The lowest BCUT2D eigenvalue weighted by Crippen LogP contribution is -2.40. The number of benzene rings is 1. The minimum absolute atomic E-state index is 0.00891. The van der Waals surface area contributed by atoms with Crippen molar-refractivity contribution in [3.05, 3.63) is 58.7 Å². The number of hydrogen-bond donors (Lipinski definition) is 0. The maximum atomic E-state index is 12.1. The maximum absolute atomic E-state index is 12.1. The van der Waals surface area contributed by atoms with Gasteiger partial charge in [0.15, 0.2) is 0 Å². The summed E-state index contributed by atoms with van der Waals surface area (Å²) in [5.74, 6) is -0.584. The quantitative estimate of drug-likeness (QED) is 0.358. The summed E-state index contributed by atoms with van der Waals surface area (Å²) in [4.78, 5) is 35.1. The van der Waals surface area contributed by atoms with Gasteiger partial charge in [-0.25, -0.2) is 4.79 Å². The molecule has 1 aliphatic rings. The molecule has 0 atom stereocenters. The van der Waals surface area contributed by atoms with Gasteiger partial charge in [0.25, 0.3) is 5.69 Å². The molecule has 7 nitrogen and oxygen atoms in total. The summed E-state index contributed by atoms with van der Waals surface area (Å²) in [5, 5.41) is 10.6. The van der Waals surface area contributed by atoms with Gasteiger partial charge in [-0.1, -0.05) is 6.58 Å². The lowest BCUT2D eigenvalue weighted by atomic mass is 10.1. The number of piperidine rings is 1. The molecule has 1 amide bonds. The molecular weight excluding hydrogens is 312 g/mol. The summed E-state index contributed by atoms with van der Waals surface area (Å²) in [6.07, 6.45) is 5.20. The fourth-order valence-corrected chi connectivity index (χ4v) is 2.39. The van der Waals surface area contributed by atoms with Gasteiger partial charge in [0.2, 0.25) is 5.91 Å². The van der Waals surface area contributed by atoms with Crippen LogP contribution < -0.4 is 0 Å². The first-order valence-corrected chi connectivity index (χ1v) is 7.54. The molecule has 1 fully saturated rings. The highest BCUT2D eigenvalue weighted by Gasteiger charge is 2.23. The first-order valence-electron chi connectivity index (χ1n) is 7.54. The van der Waals surface area contributed by atoms with E-state index in [1.165, 1.54) is 18.2 Å². The molecule has 0 saturated carbocycles. The van der Waals surface area contributed by atoms with E-state index in [4.69, 9.17) is 4.74 Å². The van der Waals surface area contributed by atoms with E-state index >= 15 is 0 Å². The number of nitro benzene ring substituents is 1. The van der Waals surface area contributed by atoms with Crippen molar-refractivity contribution in [2.24, 2.45) is 0 Å². The van der Waals surface area contributed by atoms with Gasteiger partial charge in [0.05, 0.1) is 4.92 Å². The van der Waals surface area contributed by atoms with Gasteiger partial charge in [-0.15, -0.1) is 0 Å². The molecule has 1 aromatic rings. The van der Waals surface area contributed by atoms with E-state index < -0.39 is 10.9 Å². The molecule has 1 aliphatic heterocycles. The summed E-state index contributed by atoms with van der Waals surface area (Å²) in [7, 11) is 0. The van der Waals surface area contributed by atoms with Crippen LogP contribution in [0.15, 0.2) is 43.0 Å². The van der Waals surface area contributed by atoms with Crippen LogP contribution in [0.25, 0.3) is 6.08 Å². The Morgan fingerprint density at radius 1 is 1.25 bits per heavy atom. The molecule has 0 aliphatic carbocycles. The van der Waals surface area contributed by atoms with Gasteiger partial charge in [0, 0.05) is 50.2 Å². The summed E-state index contributed by atoms with van der Waals surface area (Å²) >= 11 is 0. The van der Waals surface area contributed by atoms with Crippen molar-refractivity contribution < 1.29 is 19.2 Å². The number of nitrogens with zero attached hydrogens (tertiary/aromatic N) is 2. The number of amides is 1. The molecule has 1 aromatic carbocycles. The van der Waals surface area contributed by atoms with Crippen molar-refractivity contribution in [1.82, 2.24) is 4.90 Å². The van der Waals surface area contributed by atoms with Crippen molar-refractivity contribution >= 4 is 23.6 Å². The molecule has 0 bridgehead atoms. The molecule has 24 heavy (non-hydrogen) atoms. The monoisotopic (exact) mass is 330 g/mol. The molecule has 0 N–H and O–H groups in total. The fourth-order valence-electron chi connectivity index (χ4n) is 2.39. The van der Waals surface area contributed by atoms with Gasteiger partial charge in [-0.2, -0.15) is 0 Å². The largest absolute Gasteiger partial charge is 0.459 e. The van der Waals surface area contributed by atoms with E-state index in [0.717, 1.165) is 6.08 Å². The Kier molecular flexibility index (Phi) is 5.83. The molecule has 0 spiro atoms. The Balaban J connectivity index is 1.85. The third-order valence-electron chi connectivity index (χ3n) is 3.73. The predicted octanol–water partition coefficient (Wildman–Crippen LogP) is 2.33. The Bertz CT molecular complexity index is 658. The Morgan fingerprint density at radius 3 is 2.42 bits per heavy atom. The van der Waals surface area contributed by atoms with Crippen molar-refractivity contribution in [2.75, 3.05) is 13.1 Å². The molecule has 126 valence electrons. The van der Waals surface area contributed by atoms with Crippen LogP contribution in [-0.4, -0.2) is 40.9 Å². The Hall–Kier alpha value is -2.96. The minimum atomic E-state index is -0.470. The first-order chi connectivity index (χ1) is 11.5. The second-order valence-corrected chi connectivity index (χ2v) is 5.35. The summed E-state index contributed by atoms with van der Waals surface area (Å²) in [6, 6.07) is 5.96. The minimum Gasteiger partial charge on any atom is -0.459 e. The fraction of sp³-hybridized carbons (Fsp3) is 0.294. The van der Waals surface area contributed by atoms with Gasteiger partial charge in [-0.3, -0.25) is 14.9 Å². The molecule has 0 aromatic heterocycles. The van der Waals surface area contributed by atoms with E-state index in [2.05, 4.69) is 6.58 Å². The van der Waals surface area contributed by atoms with E-state index in [0.29, 0.717) is 31.5 Å². The van der Waals surface area contributed by atoms with E-state index in [-0.39, 0.29) is 17.7 Å². The number of hydrogen-bond acceptors (Lipinski definition) is 5. The van der Waals surface area contributed by atoms with E-state index in [1.54, 1.807) is 23.1 Å². The number of rotatable bonds is 5. The highest BCUT2D eigenvalue weighted by atomic mass is 16.6. The van der Waals surface area contributed by atoms with Crippen LogP contribution in [0, 0.1) is 10.1 Å². The van der Waals surface area contributed by atoms with Crippen LogP contribution in [0.1, 0.15) is 18.4 Å². The average molecular weight is 330 g/mol. The van der Waals surface area contributed by atoms with Gasteiger partial charge < -0.3 is 9.64 Å². The first kappa shape index (κ1) is 17.4. The van der Waals surface area contributed by atoms with Crippen molar-refractivity contribution in [2.45, 2.75) is 18.9 Å². The second kappa shape index (κ2) is 8.05.